The number of hydrogen-bond acceptors (Lipinski definition) is 7. The van der Waals surface area contributed by atoms with Gasteiger partial charge in [0, 0.05) is 27.2 Å². The average molecular weight is 498 g/mol. The standard InChI is InChI=1S/C24H27N5OS3/c1-4-6-17-11-16(13-31-17)22-27-28-24(29(22)9-5-2)32-14-21(30)26-23-19(12-25)18-8-7-15(3)10-20(18)33-23/h5,11,13,15H,2,4,6-10,14H2,1,3H3,(H,26,30). The van der Waals surface area contributed by atoms with E-state index < -0.39 is 0 Å². The predicted molar refractivity (Wildman–Crippen MR) is 137 cm³/mol. The van der Waals surface area contributed by atoms with Gasteiger partial charge in [0.1, 0.15) is 11.1 Å². The predicted octanol–water partition coefficient (Wildman–Crippen LogP) is 5.93. The first kappa shape index (κ1) is 23.7. The summed E-state index contributed by atoms with van der Waals surface area (Å²) in [6.07, 6.45) is 6.96. The molecule has 1 aliphatic rings. The Labute approximate surface area is 206 Å². The van der Waals surface area contributed by atoms with E-state index in [2.05, 4.69) is 53.5 Å². The Balaban J connectivity index is 1.46. The van der Waals surface area contributed by atoms with Gasteiger partial charge < -0.3 is 5.32 Å². The van der Waals surface area contributed by atoms with Crippen molar-refractivity contribution in [3.8, 4) is 17.5 Å². The highest BCUT2D eigenvalue weighted by molar-refractivity contribution is 7.99. The smallest absolute Gasteiger partial charge is 0.235 e. The molecule has 1 atom stereocenters. The second kappa shape index (κ2) is 10.7. The van der Waals surface area contributed by atoms with Crippen molar-refractivity contribution in [3.05, 3.63) is 45.0 Å². The largest absolute Gasteiger partial charge is 0.316 e. The first-order valence-corrected chi connectivity index (χ1v) is 13.8. The van der Waals surface area contributed by atoms with E-state index in [-0.39, 0.29) is 11.7 Å². The third-order valence-corrected chi connectivity index (χ3v) is 8.78. The van der Waals surface area contributed by atoms with Crippen molar-refractivity contribution in [1.82, 2.24) is 14.8 Å². The number of amides is 1. The van der Waals surface area contributed by atoms with Crippen LogP contribution < -0.4 is 5.32 Å². The average Bonchev–Trinajstić information content (AvgIpc) is 3.49. The zero-order valence-corrected chi connectivity index (χ0v) is 21.3. The Bertz CT molecular complexity index is 1200. The van der Waals surface area contributed by atoms with E-state index in [1.54, 1.807) is 22.7 Å². The maximum absolute atomic E-state index is 12.7. The van der Waals surface area contributed by atoms with Gasteiger partial charge in [-0.2, -0.15) is 5.26 Å². The van der Waals surface area contributed by atoms with Crippen LogP contribution in [0.25, 0.3) is 11.4 Å². The van der Waals surface area contributed by atoms with Crippen LogP contribution >= 0.6 is 34.4 Å². The van der Waals surface area contributed by atoms with Crippen molar-refractivity contribution in [1.29, 1.82) is 5.26 Å². The number of aromatic nitrogens is 3. The van der Waals surface area contributed by atoms with Crippen molar-refractivity contribution in [2.75, 3.05) is 11.1 Å². The minimum atomic E-state index is -0.140. The van der Waals surface area contributed by atoms with Gasteiger partial charge in [-0.15, -0.1) is 39.4 Å². The molecule has 1 aliphatic carbocycles. The highest BCUT2D eigenvalue weighted by Gasteiger charge is 2.25. The number of hydrogen-bond donors (Lipinski definition) is 1. The second-order valence-electron chi connectivity index (χ2n) is 8.26. The van der Waals surface area contributed by atoms with Gasteiger partial charge in [-0.25, -0.2) is 0 Å². The molecule has 0 saturated heterocycles. The van der Waals surface area contributed by atoms with Crippen LogP contribution in [0.3, 0.4) is 0 Å². The summed E-state index contributed by atoms with van der Waals surface area (Å²) in [5.41, 5.74) is 2.81. The molecule has 3 aromatic rings. The number of carbonyl (C=O) groups is 1. The van der Waals surface area contributed by atoms with Crippen molar-refractivity contribution >= 4 is 45.3 Å². The van der Waals surface area contributed by atoms with Gasteiger partial charge in [0.05, 0.1) is 11.3 Å². The summed E-state index contributed by atoms with van der Waals surface area (Å²) in [5.74, 6) is 1.47. The number of rotatable bonds is 9. The van der Waals surface area contributed by atoms with Crippen LogP contribution in [-0.4, -0.2) is 26.4 Å². The maximum Gasteiger partial charge on any atom is 0.235 e. The topological polar surface area (TPSA) is 83.6 Å². The van der Waals surface area contributed by atoms with Gasteiger partial charge in [-0.3, -0.25) is 9.36 Å². The SMILES string of the molecule is C=CCn1c(SCC(=O)Nc2sc3c(c2C#N)CCC(C)C3)nnc1-c1csc(CCC)c1. The lowest BCUT2D eigenvalue weighted by atomic mass is 9.89. The molecule has 9 heteroatoms. The van der Waals surface area contributed by atoms with Crippen LogP contribution in [0.4, 0.5) is 5.00 Å². The molecule has 0 fully saturated rings. The van der Waals surface area contributed by atoms with Crippen molar-refractivity contribution in [2.24, 2.45) is 5.92 Å². The molecule has 172 valence electrons. The highest BCUT2D eigenvalue weighted by Crippen LogP contribution is 2.39. The van der Waals surface area contributed by atoms with E-state index in [9.17, 15) is 10.1 Å². The number of nitriles is 1. The fourth-order valence-electron chi connectivity index (χ4n) is 4.03. The fourth-order valence-corrected chi connectivity index (χ4v) is 7.12. The van der Waals surface area contributed by atoms with E-state index in [4.69, 9.17) is 0 Å². The van der Waals surface area contributed by atoms with Gasteiger partial charge in [0.25, 0.3) is 0 Å². The quantitative estimate of drug-likeness (QED) is 0.292. The molecular weight excluding hydrogens is 470 g/mol. The Hall–Kier alpha value is -2.41. The summed E-state index contributed by atoms with van der Waals surface area (Å²) in [5, 5.41) is 24.8. The van der Waals surface area contributed by atoms with Crippen LogP contribution in [0, 0.1) is 17.2 Å². The van der Waals surface area contributed by atoms with Crippen molar-refractivity contribution in [2.45, 2.75) is 57.7 Å². The first-order chi connectivity index (χ1) is 16.0. The molecule has 3 aromatic heterocycles. The van der Waals surface area contributed by atoms with E-state index >= 15 is 0 Å². The third kappa shape index (κ3) is 5.24. The summed E-state index contributed by atoms with van der Waals surface area (Å²) in [4.78, 5) is 15.3. The number of thiophene rings is 2. The van der Waals surface area contributed by atoms with Crippen LogP contribution in [0.5, 0.6) is 0 Å². The Morgan fingerprint density at radius 2 is 2.33 bits per heavy atom. The number of thioether (sulfide) groups is 1. The Kier molecular flexibility index (Phi) is 7.68. The summed E-state index contributed by atoms with van der Waals surface area (Å²) in [6, 6.07) is 4.48. The summed E-state index contributed by atoms with van der Waals surface area (Å²) >= 11 is 4.64. The van der Waals surface area contributed by atoms with E-state index in [1.165, 1.54) is 21.5 Å². The van der Waals surface area contributed by atoms with E-state index in [0.717, 1.165) is 49.1 Å². The van der Waals surface area contributed by atoms with Gasteiger partial charge in [0.2, 0.25) is 5.91 Å². The second-order valence-corrected chi connectivity index (χ2v) is 11.3. The van der Waals surface area contributed by atoms with Crippen LogP contribution in [0.15, 0.2) is 29.3 Å². The first-order valence-electron chi connectivity index (χ1n) is 11.1. The normalized spacial score (nSPS) is 15.1. The number of aryl methyl sites for hydroxylation is 1. The lowest BCUT2D eigenvalue weighted by Gasteiger charge is -2.17. The molecule has 0 saturated carbocycles. The molecule has 4 rings (SSSR count). The monoisotopic (exact) mass is 497 g/mol. The Morgan fingerprint density at radius 3 is 3.09 bits per heavy atom. The zero-order chi connectivity index (χ0) is 23.4. The molecule has 1 unspecified atom stereocenters. The number of nitrogens with one attached hydrogen (secondary N) is 1. The lowest BCUT2D eigenvalue weighted by molar-refractivity contribution is -0.113. The number of fused-ring (bicyclic) bond motifs is 1. The van der Waals surface area contributed by atoms with Crippen LogP contribution in [-0.2, 0) is 30.6 Å². The third-order valence-electron chi connectivity index (χ3n) is 5.65. The molecule has 33 heavy (non-hydrogen) atoms. The molecule has 0 aliphatic heterocycles. The number of carbonyl (C=O) groups excluding carboxylic acids is 1. The summed E-state index contributed by atoms with van der Waals surface area (Å²) in [7, 11) is 0. The number of allylic oxidation sites excluding steroid dienone is 1. The van der Waals surface area contributed by atoms with Crippen LogP contribution in [0.2, 0.25) is 0 Å². The molecule has 0 spiro atoms. The highest BCUT2D eigenvalue weighted by atomic mass is 32.2. The van der Waals surface area contributed by atoms with Gasteiger partial charge in [0.15, 0.2) is 11.0 Å². The van der Waals surface area contributed by atoms with Gasteiger partial charge >= 0.3 is 0 Å². The molecule has 0 bridgehead atoms. The van der Waals surface area contributed by atoms with Gasteiger partial charge in [-0.1, -0.05) is 38.1 Å². The molecule has 1 amide bonds. The van der Waals surface area contributed by atoms with Crippen LogP contribution in [0.1, 0.15) is 47.6 Å². The summed E-state index contributed by atoms with van der Waals surface area (Å²) < 4.78 is 1.99. The molecule has 1 N–H and O–H groups in total. The van der Waals surface area contributed by atoms with E-state index in [0.29, 0.717) is 28.2 Å². The lowest BCUT2D eigenvalue weighted by Crippen LogP contribution is -2.14. The molecular formula is C24H27N5OS3. The van der Waals surface area contributed by atoms with E-state index in [1.807, 2.05) is 10.6 Å². The fraction of sp³-hybridized carbons (Fsp3) is 0.417. The minimum Gasteiger partial charge on any atom is -0.316 e. The molecule has 6 nitrogen and oxygen atoms in total. The van der Waals surface area contributed by atoms with Gasteiger partial charge in [-0.05, 0) is 43.2 Å². The minimum absolute atomic E-state index is 0.140. The van der Waals surface area contributed by atoms with Crippen molar-refractivity contribution in [3.63, 3.8) is 0 Å². The number of nitrogens with zero attached hydrogens (tertiary/aromatic N) is 4. The Morgan fingerprint density at radius 1 is 1.48 bits per heavy atom. The zero-order valence-electron chi connectivity index (χ0n) is 18.9. The molecule has 0 radical (unpaired) electrons. The number of anilines is 1. The summed E-state index contributed by atoms with van der Waals surface area (Å²) in [6.45, 7) is 8.84. The van der Waals surface area contributed by atoms with Crippen molar-refractivity contribution < 1.29 is 4.79 Å². The molecule has 3 heterocycles. The molecule has 0 aromatic carbocycles. The maximum atomic E-state index is 12.7.